The molecule has 8 heteroatoms. The molecule has 0 saturated carbocycles. The highest BCUT2D eigenvalue weighted by atomic mass is 19.1. The summed E-state index contributed by atoms with van der Waals surface area (Å²) in [5, 5.41) is 9.81. The summed E-state index contributed by atoms with van der Waals surface area (Å²) in [7, 11) is 0. The van der Waals surface area contributed by atoms with Crippen molar-refractivity contribution in [1.82, 2.24) is 15.1 Å². The number of benzene rings is 2. The number of aryl methyl sites for hydroxylation is 1. The summed E-state index contributed by atoms with van der Waals surface area (Å²) in [6.07, 6.45) is 0.835. The molecule has 0 aliphatic rings. The number of amides is 2. The molecule has 2 amide bonds. The van der Waals surface area contributed by atoms with Gasteiger partial charge in [-0.15, -0.1) is 5.10 Å². The zero-order valence-electron chi connectivity index (χ0n) is 17.4. The van der Waals surface area contributed by atoms with Crippen LogP contribution in [0.15, 0.2) is 54.6 Å². The van der Waals surface area contributed by atoms with Gasteiger partial charge in [0.25, 0.3) is 0 Å². The average Bonchev–Trinajstić information content (AvgIpc) is 3.07. The van der Waals surface area contributed by atoms with Gasteiger partial charge in [0, 0.05) is 17.8 Å². The molecule has 0 fully saturated rings. The van der Waals surface area contributed by atoms with E-state index in [2.05, 4.69) is 15.7 Å². The van der Waals surface area contributed by atoms with Gasteiger partial charge in [0.2, 0.25) is 11.8 Å². The first-order valence-corrected chi connectivity index (χ1v) is 10.0. The highest BCUT2D eigenvalue weighted by Gasteiger charge is 2.21. The van der Waals surface area contributed by atoms with Crippen molar-refractivity contribution in [2.45, 2.75) is 39.2 Å². The van der Waals surface area contributed by atoms with Crippen LogP contribution in [0.5, 0.6) is 0 Å². The van der Waals surface area contributed by atoms with Crippen molar-refractivity contribution in [2.75, 3.05) is 5.32 Å². The van der Waals surface area contributed by atoms with Gasteiger partial charge in [-0.05, 0) is 43.2 Å². The van der Waals surface area contributed by atoms with Crippen molar-refractivity contribution in [2.24, 2.45) is 0 Å². The van der Waals surface area contributed by atoms with Gasteiger partial charge in [0.15, 0.2) is 5.82 Å². The number of nitrogens with one attached hydrogen (secondary N) is 2. The molecule has 0 bridgehead atoms. The van der Waals surface area contributed by atoms with Gasteiger partial charge < -0.3 is 10.6 Å². The quantitative estimate of drug-likeness (QED) is 0.573. The van der Waals surface area contributed by atoms with Crippen LogP contribution in [0.25, 0.3) is 5.69 Å². The maximum Gasteiger partial charge on any atom is 0.248 e. The third kappa shape index (κ3) is 5.97. The lowest BCUT2D eigenvalue weighted by Crippen LogP contribution is -2.44. The van der Waals surface area contributed by atoms with Crippen LogP contribution < -0.4 is 10.6 Å². The summed E-state index contributed by atoms with van der Waals surface area (Å²) in [6, 6.07) is 13.4. The molecule has 0 saturated heterocycles. The van der Waals surface area contributed by atoms with Crippen LogP contribution in [0, 0.1) is 18.6 Å². The van der Waals surface area contributed by atoms with Gasteiger partial charge in [-0.1, -0.05) is 31.5 Å². The van der Waals surface area contributed by atoms with Crippen molar-refractivity contribution < 1.29 is 18.4 Å². The number of hydrogen-bond donors (Lipinski definition) is 2. The second-order valence-electron chi connectivity index (χ2n) is 7.27. The molecular weight excluding hydrogens is 402 g/mol. The van der Waals surface area contributed by atoms with E-state index >= 15 is 0 Å². The minimum atomic E-state index is -0.793. The molecule has 6 nitrogen and oxygen atoms in total. The molecule has 3 aromatic rings. The minimum absolute atomic E-state index is 0.197. The molecule has 2 N–H and O–H groups in total. The van der Waals surface area contributed by atoms with Gasteiger partial charge in [-0.2, -0.15) is 0 Å². The fourth-order valence-corrected chi connectivity index (χ4v) is 3.28. The Morgan fingerprint density at radius 2 is 1.74 bits per heavy atom. The molecular formula is C23H24F2N4O2. The first-order valence-electron chi connectivity index (χ1n) is 10.0. The van der Waals surface area contributed by atoms with Gasteiger partial charge in [0.1, 0.15) is 17.7 Å². The van der Waals surface area contributed by atoms with Crippen LogP contribution in [0.3, 0.4) is 0 Å². The van der Waals surface area contributed by atoms with Crippen LogP contribution in [-0.4, -0.2) is 27.6 Å². The Bertz CT molecular complexity index is 1050. The number of rotatable bonds is 8. The third-order valence-electron chi connectivity index (χ3n) is 4.66. The maximum absolute atomic E-state index is 13.3. The topological polar surface area (TPSA) is 76.0 Å². The fraction of sp³-hybridized carbons (Fsp3) is 0.261. The standard InChI is InChI=1S/C23H24F2N4O2/c1-3-7-20(26-22(30)13-16-11-17(24)14-18(25)12-16)23(31)27-21-10-15(2)29(28-21)19-8-5-4-6-9-19/h4-6,8-12,14,20H,3,7,13H2,1-2H3,(H,26,30)(H,27,28,31). The molecule has 31 heavy (non-hydrogen) atoms. The van der Waals surface area contributed by atoms with E-state index in [1.165, 1.54) is 0 Å². The average molecular weight is 426 g/mol. The highest BCUT2D eigenvalue weighted by Crippen LogP contribution is 2.15. The van der Waals surface area contributed by atoms with E-state index in [0.717, 1.165) is 29.6 Å². The Balaban J connectivity index is 1.67. The van der Waals surface area contributed by atoms with E-state index in [1.807, 2.05) is 44.2 Å². The molecule has 1 atom stereocenters. The summed E-state index contributed by atoms with van der Waals surface area (Å²) >= 11 is 0. The number of anilines is 1. The Kier molecular flexibility index (Phi) is 7.12. The molecule has 1 aromatic heterocycles. The molecule has 1 heterocycles. The first kappa shape index (κ1) is 22.1. The van der Waals surface area contributed by atoms with E-state index in [9.17, 15) is 18.4 Å². The van der Waals surface area contributed by atoms with Crippen molar-refractivity contribution in [3.05, 3.63) is 77.5 Å². The van der Waals surface area contributed by atoms with Gasteiger partial charge in [-0.25, -0.2) is 13.5 Å². The summed E-state index contributed by atoms with van der Waals surface area (Å²) in [5.74, 6) is -2.04. The Morgan fingerprint density at radius 1 is 1.06 bits per heavy atom. The predicted octanol–water partition coefficient (Wildman–Crippen LogP) is 3.93. The zero-order valence-corrected chi connectivity index (χ0v) is 17.4. The monoisotopic (exact) mass is 426 g/mol. The number of nitrogens with zero attached hydrogens (tertiary/aromatic N) is 2. The summed E-state index contributed by atoms with van der Waals surface area (Å²) in [5.41, 5.74) is 1.90. The summed E-state index contributed by atoms with van der Waals surface area (Å²) < 4.78 is 28.4. The lowest BCUT2D eigenvalue weighted by molar-refractivity contribution is -0.126. The maximum atomic E-state index is 13.3. The Morgan fingerprint density at radius 3 is 2.39 bits per heavy atom. The van der Waals surface area contributed by atoms with E-state index < -0.39 is 29.5 Å². The number of aromatic nitrogens is 2. The van der Waals surface area contributed by atoms with Crippen LogP contribution >= 0.6 is 0 Å². The first-order chi connectivity index (χ1) is 14.9. The Hall–Kier alpha value is -3.55. The molecule has 0 aliphatic carbocycles. The number of para-hydroxylation sites is 1. The van der Waals surface area contributed by atoms with Crippen LogP contribution in [0.1, 0.15) is 31.0 Å². The lowest BCUT2D eigenvalue weighted by Gasteiger charge is -2.17. The lowest BCUT2D eigenvalue weighted by atomic mass is 10.1. The van der Waals surface area contributed by atoms with Crippen molar-refractivity contribution in [3.63, 3.8) is 0 Å². The summed E-state index contributed by atoms with van der Waals surface area (Å²) in [6.45, 7) is 3.77. The predicted molar refractivity (Wildman–Crippen MR) is 114 cm³/mol. The molecule has 0 aliphatic heterocycles. The van der Waals surface area contributed by atoms with Crippen LogP contribution in [-0.2, 0) is 16.0 Å². The third-order valence-corrected chi connectivity index (χ3v) is 4.66. The van der Waals surface area contributed by atoms with Gasteiger partial charge in [0.05, 0.1) is 12.1 Å². The SMILES string of the molecule is CCCC(NC(=O)Cc1cc(F)cc(F)c1)C(=O)Nc1cc(C)n(-c2ccccc2)n1. The second kappa shape index (κ2) is 9.97. The number of halogens is 2. The number of hydrogen-bond acceptors (Lipinski definition) is 3. The van der Waals surface area contributed by atoms with Crippen molar-refractivity contribution in [3.8, 4) is 5.69 Å². The normalized spacial score (nSPS) is 11.7. The molecule has 162 valence electrons. The zero-order chi connectivity index (χ0) is 22.4. The van der Waals surface area contributed by atoms with Gasteiger partial charge >= 0.3 is 0 Å². The van der Waals surface area contributed by atoms with Crippen molar-refractivity contribution >= 4 is 17.6 Å². The number of carbonyl (C=O) groups excluding carboxylic acids is 2. The van der Waals surface area contributed by atoms with E-state index in [1.54, 1.807) is 10.7 Å². The highest BCUT2D eigenvalue weighted by molar-refractivity contribution is 5.96. The molecule has 0 radical (unpaired) electrons. The second-order valence-corrected chi connectivity index (χ2v) is 7.27. The largest absolute Gasteiger partial charge is 0.344 e. The molecule has 3 rings (SSSR count). The van der Waals surface area contributed by atoms with E-state index in [0.29, 0.717) is 18.7 Å². The molecule has 2 aromatic carbocycles. The van der Waals surface area contributed by atoms with Crippen LogP contribution in [0.4, 0.5) is 14.6 Å². The minimum Gasteiger partial charge on any atom is -0.344 e. The molecule has 0 spiro atoms. The molecule has 1 unspecified atom stereocenters. The summed E-state index contributed by atoms with van der Waals surface area (Å²) in [4.78, 5) is 25.1. The van der Waals surface area contributed by atoms with E-state index in [4.69, 9.17) is 0 Å². The fourth-order valence-electron chi connectivity index (χ4n) is 3.28. The Labute approximate surface area is 179 Å². The number of carbonyl (C=O) groups is 2. The van der Waals surface area contributed by atoms with Gasteiger partial charge in [-0.3, -0.25) is 9.59 Å². The van der Waals surface area contributed by atoms with Crippen LogP contribution in [0.2, 0.25) is 0 Å². The van der Waals surface area contributed by atoms with E-state index in [-0.39, 0.29) is 12.0 Å². The smallest absolute Gasteiger partial charge is 0.248 e. The van der Waals surface area contributed by atoms with Crippen molar-refractivity contribution in [1.29, 1.82) is 0 Å².